The van der Waals surface area contributed by atoms with Gasteiger partial charge in [0.2, 0.25) is 0 Å². The molecule has 0 aliphatic carbocycles. The predicted molar refractivity (Wildman–Crippen MR) is 131 cm³/mol. The molecule has 1 fully saturated rings. The maximum absolute atomic E-state index is 13.3. The Bertz CT molecular complexity index is 1400. The van der Waals surface area contributed by atoms with Crippen LogP contribution in [0.15, 0.2) is 97.1 Å². The summed E-state index contributed by atoms with van der Waals surface area (Å²) in [6.07, 6.45) is 0. The molecule has 34 heavy (non-hydrogen) atoms. The first-order chi connectivity index (χ1) is 16.4. The van der Waals surface area contributed by atoms with Gasteiger partial charge in [-0.2, -0.15) is 0 Å². The molecule has 4 aromatic rings. The molecule has 1 atom stereocenters. The molecule has 1 aliphatic heterocycles. The molecule has 0 aromatic heterocycles. The van der Waals surface area contributed by atoms with E-state index in [9.17, 15) is 14.4 Å². The minimum Gasteiger partial charge on any atom is -0.322 e. The van der Waals surface area contributed by atoms with Crippen molar-refractivity contribution in [1.82, 2.24) is 10.2 Å². The second kappa shape index (κ2) is 8.48. The van der Waals surface area contributed by atoms with Crippen molar-refractivity contribution in [3.8, 4) is 0 Å². The Morgan fingerprint density at radius 3 is 2.26 bits per heavy atom. The molecule has 0 spiro atoms. The Morgan fingerprint density at radius 1 is 0.853 bits per heavy atom. The molecule has 4 aromatic carbocycles. The highest BCUT2D eigenvalue weighted by atomic mass is 16.2. The number of carbonyl (C=O) groups excluding carboxylic acids is 3. The minimum atomic E-state index is -1.14. The number of carbonyl (C=O) groups is 3. The topological polar surface area (TPSA) is 78.5 Å². The third kappa shape index (κ3) is 3.90. The summed E-state index contributed by atoms with van der Waals surface area (Å²) in [6.45, 7) is 1.85. The fourth-order valence-electron chi connectivity index (χ4n) is 4.21. The van der Waals surface area contributed by atoms with Crippen molar-refractivity contribution in [2.75, 3.05) is 5.32 Å². The van der Waals surface area contributed by atoms with E-state index in [0.717, 1.165) is 21.9 Å². The average Bonchev–Trinajstić information content (AvgIpc) is 3.08. The van der Waals surface area contributed by atoms with Gasteiger partial charge in [0.05, 0.1) is 6.54 Å². The molecule has 0 unspecified atom stereocenters. The fourth-order valence-corrected chi connectivity index (χ4v) is 4.21. The van der Waals surface area contributed by atoms with Gasteiger partial charge >= 0.3 is 6.03 Å². The van der Waals surface area contributed by atoms with Crippen LogP contribution in [0.4, 0.5) is 10.5 Å². The van der Waals surface area contributed by atoms with Gasteiger partial charge in [-0.3, -0.25) is 14.5 Å². The molecule has 168 valence electrons. The number of nitrogens with one attached hydrogen (secondary N) is 2. The van der Waals surface area contributed by atoms with Gasteiger partial charge in [-0.05, 0) is 59.2 Å². The van der Waals surface area contributed by atoms with Gasteiger partial charge in [-0.15, -0.1) is 0 Å². The summed E-state index contributed by atoms with van der Waals surface area (Å²) < 4.78 is 0. The molecule has 6 nitrogen and oxygen atoms in total. The molecule has 0 radical (unpaired) electrons. The summed E-state index contributed by atoms with van der Waals surface area (Å²) in [5, 5.41) is 7.78. The zero-order chi connectivity index (χ0) is 23.7. The van der Waals surface area contributed by atoms with Crippen molar-refractivity contribution < 1.29 is 14.4 Å². The van der Waals surface area contributed by atoms with Crippen LogP contribution in [0.5, 0.6) is 0 Å². The number of rotatable bonds is 5. The number of hydrogen-bond donors (Lipinski definition) is 2. The Labute approximate surface area is 197 Å². The monoisotopic (exact) mass is 449 g/mol. The van der Waals surface area contributed by atoms with E-state index < -0.39 is 11.6 Å². The lowest BCUT2D eigenvalue weighted by Crippen LogP contribution is -2.40. The van der Waals surface area contributed by atoms with E-state index in [-0.39, 0.29) is 18.4 Å². The number of nitrogens with zero attached hydrogens (tertiary/aromatic N) is 1. The predicted octanol–water partition coefficient (Wildman–Crippen LogP) is 5.06. The van der Waals surface area contributed by atoms with Gasteiger partial charge < -0.3 is 10.6 Å². The summed E-state index contributed by atoms with van der Waals surface area (Å²) in [5.41, 5.74) is 1.55. The number of fused-ring (bicyclic) bond motifs is 1. The Morgan fingerprint density at radius 2 is 1.53 bits per heavy atom. The zero-order valence-corrected chi connectivity index (χ0v) is 18.6. The van der Waals surface area contributed by atoms with E-state index in [2.05, 4.69) is 10.6 Å². The van der Waals surface area contributed by atoms with Crippen molar-refractivity contribution in [2.24, 2.45) is 0 Å². The first kappa shape index (κ1) is 21.4. The Hall–Kier alpha value is -4.45. The van der Waals surface area contributed by atoms with Crippen LogP contribution in [-0.2, 0) is 16.9 Å². The molecule has 4 amide bonds. The number of amides is 4. The second-order valence-electron chi connectivity index (χ2n) is 8.53. The Kier molecular flexibility index (Phi) is 5.34. The first-order valence-electron chi connectivity index (χ1n) is 11.0. The molecule has 0 saturated carbocycles. The smallest absolute Gasteiger partial charge is 0.322 e. The number of benzene rings is 4. The summed E-state index contributed by atoms with van der Waals surface area (Å²) >= 11 is 0. The third-order valence-electron chi connectivity index (χ3n) is 6.19. The van der Waals surface area contributed by atoms with Gasteiger partial charge in [0.1, 0.15) is 5.54 Å². The molecule has 1 heterocycles. The van der Waals surface area contributed by atoms with Crippen LogP contribution in [0.1, 0.15) is 28.4 Å². The number of imide groups is 1. The van der Waals surface area contributed by atoms with E-state index in [1.807, 2.05) is 72.8 Å². The lowest BCUT2D eigenvalue weighted by molar-refractivity contribution is -0.131. The summed E-state index contributed by atoms with van der Waals surface area (Å²) in [4.78, 5) is 39.8. The lowest BCUT2D eigenvalue weighted by atomic mass is 9.90. The third-order valence-corrected chi connectivity index (χ3v) is 6.19. The van der Waals surface area contributed by atoms with Gasteiger partial charge in [-0.25, -0.2) is 4.79 Å². The van der Waals surface area contributed by atoms with Crippen LogP contribution in [-0.4, -0.2) is 22.7 Å². The van der Waals surface area contributed by atoms with Gasteiger partial charge in [0.15, 0.2) is 0 Å². The first-order valence-corrected chi connectivity index (χ1v) is 11.0. The molecule has 1 saturated heterocycles. The van der Waals surface area contributed by atoms with Crippen LogP contribution in [0.3, 0.4) is 0 Å². The van der Waals surface area contributed by atoms with E-state index in [1.54, 1.807) is 31.2 Å². The van der Waals surface area contributed by atoms with Gasteiger partial charge in [0, 0.05) is 11.3 Å². The normalized spacial score (nSPS) is 17.6. The maximum Gasteiger partial charge on any atom is 0.325 e. The van der Waals surface area contributed by atoms with Crippen molar-refractivity contribution in [3.63, 3.8) is 0 Å². The summed E-state index contributed by atoms with van der Waals surface area (Å²) in [5.74, 6) is -0.532. The van der Waals surface area contributed by atoms with Gasteiger partial charge in [-0.1, -0.05) is 66.7 Å². The summed E-state index contributed by atoms with van der Waals surface area (Å²) in [7, 11) is 0. The standard InChI is InChI=1S/C28H23N3O3/c1-28(23-16-15-20-7-5-6-8-22(20)17-23)26(33)31(27(34)30-28)18-19-11-13-21(14-12-19)25(32)29-24-9-3-2-4-10-24/h2-17H,18H2,1H3,(H,29,32)(H,30,34)/t28-/m0/s1. The summed E-state index contributed by atoms with van der Waals surface area (Å²) in [6, 6.07) is 29.3. The number of hydrogen-bond acceptors (Lipinski definition) is 3. The van der Waals surface area contributed by atoms with E-state index in [0.29, 0.717) is 11.3 Å². The quantitative estimate of drug-likeness (QED) is 0.418. The number of urea groups is 1. The van der Waals surface area contributed by atoms with Crippen molar-refractivity contribution in [3.05, 3.63) is 114 Å². The largest absolute Gasteiger partial charge is 0.325 e. The van der Waals surface area contributed by atoms with Crippen LogP contribution >= 0.6 is 0 Å². The molecule has 5 rings (SSSR count). The molecular weight excluding hydrogens is 426 g/mol. The highest BCUT2D eigenvalue weighted by Gasteiger charge is 2.48. The van der Waals surface area contributed by atoms with Crippen molar-refractivity contribution in [1.29, 1.82) is 0 Å². The van der Waals surface area contributed by atoms with E-state index in [1.165, 1.54) is 4.90 Å². The van der Waals surface area contributed by atoms with E-state index >= 15 is 0 Å². The molecule has 2 N–H and O–H groups in total. The molecule has 0 bridgehead atoms. The number of anilines is 1. The maximum atomic E-state index is 13.3. The minimum absolute atomic E-state index is 0.119. The van der Waals surface area contributed by atoms with Crippen molar-refractivity contribution in [2.45, 2.75) is 19.0 Å². The van der Waals surface area contributed by atoms with Gasteiger partial charge in [0.25, 0.3) is 11.8 Å². The Balaban J connectivity index is 1.32. The molecule has 1 aliphatic rings. The highest BCUT2D eigenvalue weighted by Crippen LogP contribution is 2.31. The van der Waals surface area contributed by atoms with E-state index in [4.69, 9.17) is 0 Å². The molecular formula is C28H23N3O3. The molecule has 6 heteroatoms. The highest BCUT2D eigenvalue weighted by molar-refractivity contribution is 6.07. The van der Waals surface area contributed by atoms with Crippen LogP contribution < -0.4 is 10.6 Å². The average molecular weight is 450 g/mol. The van der Waals surface area contributed by atoms with Crippen molar-refractivity contribution >= 4 is 34.3 Å². The van der Waals surface area contributed by atoms with Crippen LogP contribution in [0, 0.1) is 0 Å². The van der Waals surface area contributed by atoms with Crippen LogP contribution in [0.2, 0.25) is 0 Å². The van der Waals surface area contributed by atoms with Crippen LogP contribution in [0.25, 0.3) is 10.8 Å². The second-order valence-corrected chi connectivity index (χ2v) is 8.53. The lowest BCUT2D eigenvalue weighted by Gasteiger charge is -2.23. The fraction of sp³-hybridized carbons (Fsp3) is 0.107. The zero-order valence-electron chi connectivity index (χ0n) is 18.6. The SMILES string of the molecule is C[C@@]1(c2ccc3ccccc3c2)NC(=O)N(Cc2ccc(C(=O)Nc3ccccc3)cc2)C1=O. The number of para-hydroxylation sites is 1.